The molecule has 2 aliphatic heterocycles. The van der Waals surface area contributed by atoms with Crippen LogP contribution >= 0.6 is 0 Å². The fraction of sp³-hybridized carbons (Fsp3) is 0.538. The monoisotopic (exact) mass is 520 g/mol. The van der Waals surface area contributed by atoms with Gasteiger partial charge in [0, 0.05) is 37.9 Å². The highest BCUT2D eigenvalue weighted by Gasteiger charge is 2.29. The molecule has 1 aromatic carbocycles. The van der Waals surface area contributed by atoms with E-state index in [1.807, 2.05) is 31.2 Å². The molecule has 2 amide bonds. The average molecular weight is 521 g/mol. The summed E-state index contributed by atoms with van der Waals surface area (Å²) in [5, 5.41) is 12.8. The number of hydrogen-bond acceptors (Lipinski definition) is 7. The van der Waals surface area contributed by atoms with Crippen molar-refractivity contribution in [3.63, 3.8) is 0 Å². The molecule has 3 atom stereocenters. The van der Waals surface area contributed by atoms with Crippen LogP contribution in [0.15, 0.2) is 30.3 Å². The summed E-state index contributed by atoms with van der Waals surface area (Å²) in [5.74, 6) is 1.13. The summed E-state index contributed by atoms with van der Waals surface area (Å²) in [4.78, 5) is 21.1. The Hall–Kier alpha value is -3.02. The van der Waals surface area contributed by atoms with Crippen LogP contribution in [0.3, 0.4) is 0 Å². The number of likely N-dealkylation sites (tertiary alicyclic amines) is 1. The number of nitrogens with one attached hydrogen (secondary N) is 1. The summed E-state index contributed by atoms with van der Waals surface area (Å²) in [6.07, 6.45) is -1.43. The summed E-state index contributed by atoms with van der Waals surface area (Å²) in [6.45, 7) is 5.63. The van der Waals surface area contributed by atoms with Gasteiger partial charge in [-0.1, -0.05) is 6.07 Å². The number of morpholine rings is 1. The molecular weight excluding hydrogens is 486 g/mol. The van der Waals surface area contributed by atoms with Crippen LogP contribution in [-0.4, -0.2) is 85.3 Å². The molecule has 0 spiro atoms. The van der Waals surface area contributed by atoms with E-state index in [0.717, 1.165) is 22.5 Å². The van der Waals surface area contributed by atoms with Gasteiger partial charge in [0.1, 0.15) is 11.9 Å². The number of pyridine rings is 1. The lowest BCUT2D eigenvalue weighted by molar-refractivity contribution is -0.158. The lowest BCUT2D eigenvalue weighted by atomic mass is 10.00. The molecule has 0 bridgehead atoms. The van der Waals surface area contributed by atoms with Gasteiger partial charge in [-0.05, 0) is 62.1 Å². The number of carbonyl (C=O) groups excluding carboxylic acids is 1. The van der Waals surface area contributed by atoms with Crippen LogP contribution in [0.5, 0.6) is 5.88 Å². The Morgan fingerprint density at radius 1 is 1.19 bits per heavy atom. The smallest absolute Gasteiger partial charge is 0.345 e. The average Bonchev–Trinajstić information content (AvgIpc) is 3.33. The highest BCUT2D eigenvalue weighted by Crippen LogP contribution is 2.33. The fourth-order valence-electron chi connectivity index (χ4n) is 4.33. The number of carbonyl (C=O) groups is 1. The number of nitrogens with zero attached hydrogens (tertiary/aromatic N) is 3. The van der Waals surface area contributed by atoms with Crippen LogP contribution < -0.4 is 15.0 Å². The maximum atomic E-state index is 12.8. The van der Waals surface area contributed by atoms with Crippen molar-refractivity contribution in [2.75, 3.05) is 49.6 Å². The molecule has 11 heteroatoms. The maximum Gasteiger partial charge on any atom is 0.345 e. The number of aliphatic hydroxyl groups is 1. The largest absolute Gasteiger partial charge is 0.472 e. The lowest BCUT2D eigenvalue weighted by Gasteiger charge is -2.29. The molecule has 2 saturated heterocycles. The van der Waals surface area contributed by atoms with Crippen molar-refractivity contribution < 1.29 is 32.9 Å². The number of anilines is 2. The molecule has 0 saturated carbocycles. The van der Waals surface area contributed by atoms with E-state index in [9.17, 15) is 18.7 Å². The number of aromatic nitrogens is 1. The molecular formula is C26H34F2N4O5. The minimum absolute atomic E-state index is 0.115. The first-order valence-corrected chi connectivity index (χ1v) is 12.5. The summed E-state index contributed by atoms with van der Waals surface area (Å²) in [6, 6.07) is 9.02. The quantitative estimate of drug-likeness (QED) is 0.545. The van der Waals surface area contributed by atoms with Gasteiger partial charge in [0.25, 0.3) is 0 Å². The van der Waals surface area contributed by atoms with Crippen LogP contribution in [0.4, 0.5) is 25.1 Å². The van der Waals surface area contributed by atoms with Gasteiger partial charge < -0.3 is 34.4 Å². The van der Waals surface area contributed by atoms with Crippen molar-refractivity contribution in [1.29, 1.82) is 0 Å². The Bertz CT molecular complexity index is 1080. The van der Waals surface area contributed by atoms with Crippen LogP contribution in [0.25, 0.3) is 11.1 Å². The van der Waals surface area contributed by atoms with Crippen molar-refractivity contribution in [3.05, 3.63) is 35.9 Å². The van der Waals surface area contributed by atoms with Crippen LogP contribution in [0.1, 0.15) is 25.8 Å². The SMILES string of the molecule is Cc1ccc(NC(=O)N2CCC(OC(F)F)C2)cc1-c1cc(O[C@H](C)[C@@H](C)O)nc(N2CCOCC2)c1. The number of amides is 2. The van der Waals surface area contributed by atoms with E-state index in [0.29, 0.717) is 50.8 Å². The van der Waals surface area contributed by atoms with E-state index in [1.165, 1.54) is 4.90 Å². The number of rotatable bonds is 8. The molecule has 2 fully saturated rings. The highest BCUT2D eigenvalue weighted by atomic mass is 19.3. The van der Waals surface area contributed by atoms with E-state index in [4.69, 9.17) is 9.47 Å². The second kappa shape index (κ2) is 12.0. The van der Waals surface area contributed by atoms with E-state index in [1.54, 1.807) is 19.9 Å². The molecule has 2 aliphatic rings. The third kappa shape index (κ3) is 7.06. The van der Waals surface area contributed by atoms with Crippen LogP contribution in [0, 0.1) is 6.92 Å². The standard InChI is InChI=1S/C26H34F2N4O5/c1-16-4-5-20(29-26(34)32-7-6-21(15-32)37-25(27)28)14-22(16)19-12-23(31-8-10-35-11-9-31)30-24(13-19)36-18(3)17(2)33/h4-5,12-14,17-18,21,25,33H,6-11,15H2,1-3H3,(H,29,34)/t17-,18-,21?/m1/s1. The number of benzene rings is 1. The highest BCUT2D eigenvalue weighted by molar-refractivity contribution is 5.90. The number of halogens is 2. The van der Waals surface area contributed by atoms with Gasteiger partial charge in [-0.3, -0.25) is 0 Å². The molecule has 4 rings (SSSR count). The molecule has 1 aromatic heterocycles. The summed E-state index contributed by atoms with van der Waals surface area (Å²) >= 11 is 0. The second-order valence-corrected chi connectivity index (χ2v) is 9.43. The van der Waals surface area contributed by atoms with Crippen molar-refractivity contribution in [2.24, 2.45) is 0 Å². The van der Waals surface area contributed by atoms with Gasteiger partial charge in [0.2, 0.25) is 5.88 Å². The maximum absolute atomic E-state index is 12.8. The number of hydrogen-bond donors (Lipinski definition) is 2. The predicted molar refractivity (Wildman–Crippen MR) is 135 cm³/mol. The molecule has 9 nitrogen and oxygen atoms in total. The van der Waals surface area contributed by atoms with Gasteiger partial charge in [-0.2, -0.15) is 13.8 Å². The number of ether oxygens (including phenoxy) is 3. The lowest BCUT2D eigenvalue weighted by Crippen LogP contribution is -2.37. The molecule has 2 N–H and O–H groups in total. The van der Waals surface area contributed by atoms with Gasteiger partial charge >= 0.3 is 12.6 Å². The topological polar surface area (TPSA) is 96.4 Å². The van der Waals surface area contributed by atoms with Crippen molar-refractivity contribution in [1.82, 2.24) is 9.88 Å². The second-order valence-electron chi connectivity index (χ2n) is 9.43. The van der Waals surface area contributed by atoms with Crippen molar-refractivity contribution >= 4 is 17.5 Å². The Kier molecular flexibility index (Phi) is 8.78. The van der Waals surface area contributed by atoms with Crippen molar-refractivity contribution in [2.45, 2.75) is 52.1 Å². The van der Waals surface area contributed by atoms with Gasteiger partial charge in [-0.15, -0.1) is 0 Å². The van der Waals surface area contributed by atoms with E-state index < -0.39 is 24.9 Å². The first kappa shape index (κ1) is 27.0. The Morgan fingerprint density at radius 3 is 2.65 bits per heavy atom. The zero-order chi connectivity index (χ0) is 26.5. The minimum Gasteiger partial charge on any atom is -0.472 e. The molecule has 1 unspecified atom stereocenters. The summed E-state index contributed by atoms with van der Waals surface area (Å²) in [5.41, 5.74) is 3.29. The molecule has 202 valence electrons. The zero-order valence-electron chi connectivity index (χ0n) is 21.3. The molecule has 0 aliphatic carbocycles. The predicted octanol–water partition coefficient (Wildman–Crippen LogP) is 3.89. The Balaban J connectivity index is 1.58. The molecule has 3 heterocycles. The fourth-order valence-corrected chi connectivity index (χ4v) is 4.33. The van der Waals surface area contributed by atoms with Gasteiger partial charge in [0.05, 0.1) is 25.4 Å². The molecule has 37 heavy (non-hydrogen) atoms. The number of aliphatic hydroxyl groups excluding tert-OH is 1. The third-order valence-corrected chi connectivity index (χ3v) is 6.64. The Labute approximate surface area is 215 Å². The molecule has 2 aromatic rings. The van der Waals surface area contributed by atoms with E-state index in [-0.39, 0.29) is 12.6 Å². The van der Waals surface area contributed by atoms with Gasteiger partial charge in [-0.25, -0.2) is 4.79 Å². The first-order chi connectivity index (χ1) is 17.7. The normalized spacial score (nSPS) is 19.7. The van der Waals surface area contributed by atoms with Gasteiger partial charge in [0.15, 0.2) is 0 Å². The summed E-state index contributed by atoms with van der Waals surface area (Å²) in [7, 11) is 0. The number of alkyl halides is 2. The number of urea groups is 1. The Morgan fingerprint density at radius 2 is 1.95 bits per heavy atom. The number of aryl methyl sites for hydroxylation is 1. The third-order valence-electron chi connectivity index (χ3n) is 6.64. The van der Waals surface area contributed by atoms with Crippen LogP contribution in [-0.2, 0) is 9.47 Å². The molecule has 0 radical (unpaired) electrons. The van der Waals surface area contributed by atoms with E-state index in [2.05, 4.69) is 19.9 Å². The van der Waals surface area contributed by atoms with E-state index >= 15 is 0 Å². The van der Waals surface area contributed by atoms with Crippen molar-refractivity contribution in [3.8, 4) is 17.0 Å². The first-order valence-electron chi connectivity index (χ1n) is 12.5. The zero-order valence-corrected chi connectivity index (χ0v) is 21.3. The minimum atomic E-state index is -2.85. The van der Waals surface area contributed by atoms with Crippen LogP contribution in [0.2, 0.25) is 0 Å². The summed E-state index contributed by atoms with van der Waals surface area (Å²) < 4.78 is 41.0.